The van der Waals surface area contributed by atoms with E-state index in [1.54, 1.807) is 6.20 Å². The van der Waals surface area contributed by atoms with Crippen LogP contribution in [0.2, 0.25) is 0 Å². The Morgan fingerprint density at radius 3 is 2.91 bits per heavy atom. The number of aromatic amines is 1. The van der Waals surface area contributed by atoms with Crippen molar-refractivity contribution >= 4 is 6.03 Å². The summed E-state index contributed by atoms with van der Waals surface area (Å²) in [6, 6.07) is 10.0. The van der Waals surface area contributed by atoms with Crippen molar-refractivity contribution in [3.8, 4) is 0 Å². The normalized spacial score (nSPS) is 19.1. The van der Waals surface area contributed by atoms with Gasteiger partial charge in [-0.2, -0.15) is 0 Å². The summed E-state index contributed by atoms with van der Waals surface area (Å²) < 4.78 is 0. The van der Waals surface area contributed by atoms with E-state index in [9.17, 15) is 4.79 Å². The zero-order valence-corrected chi connectivity index (χ0v) is 12.7. The van der Waals surface area contributed by atoms with Crippen LogP contribution in [-0.4, -0.2) is 52.5 Å². The van der Waals surface area contributed by atoms with E-state index in [0.29, 0.717) is 13.1 Å². The lowest BCUT2D eigenvalue weighted by molar-refractivity contribution is 0.106. The van der Waals surface area contributed by atoms with Gasteiger partial charge in [-0.05, 0) is 12.6 Å². The first-order chi connectivity index (χ1) is 10.7. The second-order valence-corrected chi connectivity index (χ2v) is 5.56. The van der Waals surface area contributed by atoms with Crippen molar-refractivity contribution in [1.82, 2.24) is 25.1 Å². The van der Waals surface area contributed by atoms with Crippen LogP contribution in [0.1, 0.15) is 17.4 Å². The van der Waals surface area contributed by atoms with E-state index in [1.165, 1.54) is 0 Å². The lowest BCUT2D eigenvalue weighted by Gasteiger charge is -2.38. The zero-order chi connectivity index (χ0) is 15.4. The van der Waals surface area contributed by atoms with Crippen LogP contribution in [0.15, 0.2) is 42.7 Å². The summed E-state index contributed by atoms with van der Waals surface area (Å²) in [4.78, 5) is 23.9. The lowest BCUT2D eigenvalue weighted by Crippen LogP contribution is -2.52. The summed E-state index contributed by atoms with van der Waals surface area (Å²) in [5, 5.41) is 2.99. The zero-order valence-electron chi connectivity index (χ0n) is 12.7. The number of nitrogens with one attached hydrogen (secondary N) is 2. The molecule has 0 saturated carbocycles. The van der Waals surface area contributed by atoms with Gasteiger partial charge in [-0.25, -0.2) is 9.78 Å². The highest BCUT2D eigenvalue weighted by Crippen LogP contribution is 2.20. The Bertz CT molecular complexity index is 598. The number of carbonyl (C=O) groups excluding carboxylic acids is 1. The molecule has 2 heterocycles. The highest BCUT2D eigenvalue weighted by atomic mass is 16.2. The van der Waals surface area contributed by atoms with Crippen LogP contribution in [0.4, 0.5) is 4.79 Å². The molecule has 2 amide bonds. The molecular formula is C16H21N5O. The number of amides is 2. The maximum absolute atomic E-state index is 12.4. The SMILES string of the molecule is CN1CCN(C(=O)NCc2ccccc2)C[C@H]1c1ncc[nH]1. The molecule has 1 aromatic heterocycles. The highest BCUT2D eigenvalue weighted by molar-refractivity contribution is 5.74. The number of urea groups is 1. The van der Waals surface area contributed by atoms with Crippen LogP contribution in [0, 0.1) is 0 Å². The molecule has 6 nitrogen and oxygen atoms in total. The molecule has 3 rings (SSSR count). The number of rotatable bonds is 3. The third-order valence-electron chi connectivity index (χ3n) is 4.06. The van der Waals surface area contributed by atoms with Crippen molar-refractivity contribution in [3.63, 3.8) is 0 Å². The smallest absolute Gasteiger partial charge is 0.317 e. The van der Waals surface area contributed by atoms with E-state index in [4.69, 9.17) is 0 Å². The monoisotopic (exact) mass is 299 g/mol. The molecule has 1 fully saturated rings. The van der Waals surface area contributed by atoms with Gasteiger partial charge in [0.1, 0.15) is 5.82 Å². The fourth-order valence-corrected chi connectivity index (χ4v) is 2.70. The molecule has 2 aromatic rings. The van der Waals surface area contributed by atoms with E-state index in [1.807, 2.05) is 41.4 Å². The minimum absolute atomic E-state index is 0.0199. The van der Waals surface area contributed by atoms with Gasteiger partial charge in [0.25, 0.3) is 0 Å². The van der Waals surface area contributed by atoms with Crippen molar-refractivity contribution in [1.29, 1.82) is 0 Å². The maximum atomic E-state index is 12.4. The average molecular weight is 299 g/mol. The van der Waals surface area contributed by atoms with Crippen LogP contribution in [0.3, 0.4) is 0 Å². The second-order valence-electron chi connectivity index (χ2n) is 5.56. The maximum Gasteiger partial charge on any atom is 0.317 e. The molecule has 0 unspecified atom stereocenters. The third-order valence-corrected chi connectivity index (χ3v) is 4.06. The molecule has 6 heteroatoms. The molecule has 0 bridgehead atoms. The molecule has 0 spiro atoms. The Balaban J connectivity index is 1.58. The number of aromatic nitrogens is 2. The molecule has 1 aliphatic rings. The number of H-pyrrole nitrogens is 1. The van der Waals surface area contributed by atoms with Gasteiger partial charge >= 0.3 is 6.03 Å². The van der Waals surface area contributed by atoms with E-state index >= 15 is 0 Å². The Hall–Kier alpha value is -2.34. The van der Waals surface area contributed by atoms with Gasteiger partial charge in [0.2, 0.25) is 0 Å². The molecule has 1 atom stereocenters. The minimum Gasteiger partial charge on any atom is -0.347 e. The molecular weight excluding hydrogens is 278 g/mol. The number of piperazine rings is 1. The topological polar surface area (TPSA) is 64.3 Å². The molecule has 0 aliphatic carbocycles. The third kappa shape index (κ3) is 3.28. The van der Waals surface area contributed by atoms with Gasteiger partial charge in [0.05, 0.1) is 6.04 Å². The fourth-order valence-electron chi connectivity index (χ4n) is 2.70. The molecule has 0 radical (unpaired) electrons. The Morgan fingerprint density at radius 1 is 1.36 bits per heavy atom. The average Bonchev–Trinajstić information content (AvgIpc) is 3.08. The predicted molar refractivity (Wildman–Crippen MR) is 84.2 cm³/mol. The minimum atomic E-state index is -0.0199. The van der Waals surface area contributed by atoms with Gasteiger partial charge in [-0.1, -0.05) is 30.3 Å². The van der Waals surface area contributed by atoms with Crippen LogP contribution in [0.5, 0.6) is 0 Å². The van der Waals surface area contributed by atoms with Gasteiger partial charge in [-0.15, -0.1) is 0 Å². The van der Waals surface area contributed by atoms with Crippen molar-refractivity contribution < 1.29 is 4.79 Å². The Morgan fingerprint density at radius 2 is 2.18 bits per heavy atom. The molecule has 116 valence electrons. The van der Waals surface area contributed by atoms with Crippen LogP contribution in [-0.2, 0) is 6.54 Å². The van der Waals surface area contributed by atoms with Gasteiger partial charge < -0.3 is 15.2 Å². The number of nitrogens with zero attached hydrogens (tertiary/aromatic N) is 3. The summed E-state index contributed by atoms with van der Waals surface area (Å²) >= 11 is 0. The molecule has 1 aromatic carbocycles. The number of imidazole rings is 1. The predicted octanol–water partition coefficient (Wildman–Crippen LogP) is 1.61. The van der Waals surface area contributed by atoms with Gasteiger partial charge in [0, 0.05) is 38.6 Å². The van der Waals surface area contributed by atoms with E-state index in [0.717, 1.165) is 24.5 Å². The summed E-state index contributed by atoms with van der Waals surface area (Å²) in [7, 11) is 2.06. The van der Waals surface area contributed by atoms with Crippen molar-refractivity contribution in [3.05, 3.63) is 54.1 Å². The van der Waals surface area contributed by atoms with Gasteiger partial charge in [-0.3, -0.25) is 4.90 Å². The number of hydrogen-bond acceptors (Lipinski definition) is 3. The molecule has 1 aliphatic heterocycles. The molecule has 1 saturated heterocycles. The Labute approximate surface area is 130 Å². The highest BCUT2D eigenvalue weighted by Gasteiger charge is 2.29. The second kappa shape index (κ2) is 6.62. The van der Waals surface area contributed by atoms with Crippen LogP contribution >= 0.6 is 0 Å². The summed E-state index contributed by atoms with van der Waals surface area (Å²) in [5.74, 6) is 0.906. The number of benzene rings is 1. The largest absolute Gasteiger partial charge is 0.347 e. The van der Waals surface area contributed by atoms with Crippen molar-refractivity contribution in [2.24, 2.45) is 0 Å². The number of carbonyl (C=O) groups is 1. The van der Waals surface area contributed by atoms with Crippen molar-refractivity contribution in [2.45, 2.75) is 12.6 Å². The fraction of sp³-hybridized carbons (Fsp3) is 0.375. The summed E-state index contributed by atoms with van der Waals surface area (Å²) in [6.07, 6.45) is 3.56. The molecule has 2 N–H and O–H groups in total. The van der Waals surface area contributed by atoms with E-state index in [-0.39, 0.29) is 12.1 Å². The first kappa shape index (κ1) is 14.6. The van der Waals surface area contributed by atoms with E-state index in [2.05, 4.69) is 27.2 Å². The Kier molecular flexibility index (Phi) is 4.39. The lowest BCUT2D eigenvalue weighted by atomic mass is 10.1. The van der Waals surface area contributed by atoms with Crippen LogP contribution in [0.25, 0.3) is 0 Å². The number of hydrogen-bond donors (Lipinski definition) is 2. The first-order valence-corrected chi connectivity index (χ1v) is 7.50. The summed E-state index contributed by atoms with van der Waals surface area (Å²) in [5.41, 5.74) is 1.10. The molecule has 22 heavy (non-hydrogen) atoms. The standard InChI is InChI=1S/C16H21N5O/c1-20-9-10-21(12-14(20)15-17-7-8-18-15)16(22)19-11-13-5-3-2-4-6-13/h2-8,14H,9-12H2,1H3,(H,17,18)(H,19,22)/t14-/m0/s1. The van der Waals surface area contributed by atoms with Crippen LogP contribution < -0.4 is 5.32 Å². The van der Waals surface area contributed by atoms with E-state index < -0.39 is 0 Å². The summed E-state index contributed by atoms with van der Waals surface area (Å²) in [6.45, 7) is 2.76. The van der Waals surface area contributed by atoms with Crippen molar-refractivity contribution in [2.75, 3.05) is 26.7 Å². The first-order valence-electron chi connectivity index (χ1n) is 7.50. The quantitative estimate of drug-likeness (QED) is 0.905. The van der Waals surface area contributed by atoms with Gasteiger partial charge in [0.15, 0.2) is 0 Å². The number of likely N-dealkylation sites (N-methyl/N-ethyl adjacent to an activating group) is 1.